The molecule has 3 rings (SSSR count). The maximum Gasteiger partial charge on any atom is 0.233 e. The van der Waals surface area contributed by atoms with Crippen molar-refractivity contribution in [3.05, 3.63) is 36.5 Å². The second-order valence-corrected chi connectivity index (χ2v) is 5.70. The summed E-state index contributed by atoms with van der Waals surface area (Å²) in [4.78, 5) is 12.6. The van der Waals surface area contributed by atoms with E-state index in [0.717, 1.165) is 21.4 Å². The van der Waals surface area contributed by atoms with E-state index < -0.39 is 0 Å². The van der Waals surface area contributed by atoms with Gasteiger partial charge in [-0.15, -0.1) is 11.8 Å². The van der Waals surface area contributed by atoms with Crippen LogP contribution in [0.2, 0.25) is 0 Å². The Kier molecular flexibility index (Phi) is 2.69. The molecule has 0 aliphatic rings. The lowest BCUT2D eigenvalue weighted by molar-refractivity contribution is 1.11. The van der Waals surface area contributed by atoms with E-state index in [9.17, 15) is 0 Å². The number of fused-ring (bicyclic) bond motifs is 1. The molecule has 5 nitrogen and oxygen atoms in total. The van der Waals surface area contributed by atoms with Crippen molar-refractivity contribution in [2.75, 3.05) is 5.73 Å². The van der Waals surface area contributed by atoms with Gasteiger partial charge in [0, 0.05) is 24.3 Å². The zero-order valence-corrected chi connectivity index (χ0v) is 10.4. The van der Waals surface area contributed by atoms with Crippen molar-refractivity contribution >= 4 is 34.0 Å². The van der Waals surface area contributed by atoms with E-state index >= 15 is 0 Å². The van der Waals surface area contributed by atoms with Crippen LogP contribution in [-0.2, 0) is 5.75 Å². The molecule has 0 saturated heterocycles. The average molecular weight is 263 g/mol. The van der Waals surface area contributed by atoms with Crippen molar-refractivity contribution in [3.63, 3.8) is 0 Å². The highest BCUT2D eigenvalue weighted by molar-refractivity contribution is 8.00. The van der Waals surface area contributed by atoms with Gasteiger partial charge in [0.2, 0.25) is 5.78 Å². The van der Waals surface area contributed by atoms with Crippen LogP contribution in [0.1, 0.15) is 5.69 Å². The van der Waals surface area contributed by atoms with Gasteiger partial charge in [-0.05, 0) is 6.07 Å². The lowest BCUT2D eigenvalue weighted by atomic mass is 10.6. The number of hydrogen-bond acceptors (Lipinski definition) is 6. The maximum atomic E-state index is 5.57. The van der Waals surface area contributed by atoms with Crippen LogP contribution >= 0.6 is 23.1 Å². The highest BCUT2D eigenvalue weighted by Crippen LogP contribution is 2.28. The monoisotopic (exact) mass is 263 g/mol. The molecule has 0 saturated carbocycles. The summed E-state index contributed by atoms with van der Waals surface area (Å²) in [6.45, 7) is 0. The molecule has 0 aliphatic heterocycles. The minimum absolute atomic E-state index is 0.601. The van der Waals surface area contributed by atoms with Gasteiger partial charge in [-0.2, -0.15) is 0 Å². The van der Waals surface area contributed by atoms with E-state index in [1.54, 1.807) is 24.2 Å². The molecule has 0 amide bonds. The highest BCUT2D eigenvalue weighted by atomic mass is 32.2. The molecule has 3 aromatic rings. The van der Waals surface area contributed by atoms with Crippen molar-refractivity contribution < 1.29 is 0 Å². The van der Waals surface area contributed by atoms with E-state index in [1.165, 1.54) is 11.3 Å². The molecule has 0 aromatic carbocycles. The van der Waals surface area contributed by atoms with Crippen LogP contribution in [0.3, 0.4) is 0 Å². The first kappa shape index (κ1) is 10.5. The van der Waals surface area contributed by atoms with Crippen molar-refractivity contribution in [2.24, 2.45) is 0 Å². The fourth-order valence-electron chi connectivity index (χ4n) is 1.43. The van der Waals surface area contributed by atoms with Crippen LogP contribution in [0.15, 0.2) is 35.1 Å². The van der Waals surface area contributed by atoms with Crippen LogP contribution in [0.25, 0.3) is 5.78 Å². The maximum absolute atomic E-state index is 5.57. The summed E-state index contributed by atoms with van der Waals surface area (Å²) in [5, 5.41) is 0.601. The first-order chi connectivity index (χ1) is 8.31. The lowest BCUT2D eigenvalue weighted by Crippen LogP contribution is -1.83. The molecule has 0 atom stereocenters. The molecule has 0 unspecified atom stereocenters. The van der Waals surface area contributed by atoms with Gasteiger partial charge in [0.15, 0.2) is 5.13 Å². The Balaban J connectivity index is 1.76. The van der Waals surface area contributed by atoms with E-state index in [-0.39, 0.29) is 0 Å². The number of thioether (sulfide) groups is 1. The third-order valence-corrected chi connectivity index (χ3v) is 4.20. The Labute approximate surface area is 106 Å². The molecule has 17 heavy (non-hydrogen) atoms. The summed E-state index contributed by atoms with van der Waals surface area (Å²) in [5.74, 6) is 1.53. The fourth-order valence-corrected chi connectivity index (χ4v) is 3.07. The number of nitrogens with two attached hydrogens (primary N) is 1. The summed E-state index contributed by atoms with van der Waals surface area (Å²) < 4.78 is 3.02. The molecule has 86 valence electrons. The summed E-state index contributed by atoms with van der Waals surface area (Å²) in [5.41, 5.74) is 6.57. The zero-order valence-electron chi connectivity index (χ0n) is 8.78. The van der Waals surface area contributed by atoms with Crippen LogP contribution in [0.5, 0.6) is 0 Å². The number of hydrogen-bond donors (Lipinski definition) is 1. The van der Waals surface area contributed by atoms with Crippen molar-refractivity contribution in [1.82, 2.24) is 19.4 Å². The van der Waals surface area contributed by atoms with Gasteiger partial charge in [0.1, 0.15) is 0 Å². The van der Waals surface area contributed by atoms with Gasteiger partial charge in [-0.3, -0.25) is 4.40 Å². The predicted octanol–water partition coefficient (Wildman–Crippen LogP) is 2.06. The molecule has 0 aliphatic carbocycles. The smallest absolute Gasteiger partial charge is 0.233 e. The third-order valence-electron chi connectivity index (χ3n) is 2.15. The van der Waals surface area contributed by atoms with Crippen LogP contribution in [0, 0.1) is 0 Å². The summed E-state index contributed by atoms with van der Waals surface area (Å²) in [6.07, 6.45) is 7.45. The quantitative estimate of drug-likeness (QED) is 0.732. The number of thiazole rings is 1. The van der Waals surface area contributed by atoms with E-state index in [2.05, 4.69) is 15.0 Å². The first-order valence-electron chi connectivity index (χ1n) is 4.94. The molecular formula is C10H9N5S2. The number of nitrogens with zero attached hydrogens (tertiary/aromatic N) is 4. The SMILES string of the molecule is Nc1ncc(SCc2cn3cccnc3n2)s1. The Morgan fingerprint density at radius 1 is 1.41 bits per heavy atom. The molecule has 0 bridgehead atoms. The van der Waals surface area contributed by atoms with Gasteiger partial charge in [0.25, 0.3) is 0 Å². The molecule has 3 aromatic heterocycles. The van der Waals surface area contributed by atoms with E-state index in [1.807, 2.05) is 22.9 Å². The number of rotatable bonds is 3. The molecule has 0 spiro atoms. The normalized spacial score (nSPS) is 11.1. The largest absolute Gasteiger partial charge is 0.375 e. The van der Waals surface area contributed by atoms with Gasteiger partial charge in [-0.25, -0.2) is 15.0 Å². The Morgan fingerprint density at radius 2 is 2.35 bits per heavy atom. The minimum Gasteiger partial charge on any atom is -0.375 e. The second kappa shape index (κ2) is 4.34. The Morgan fingerprint density at radius 3 is 3.12 bits per heavy atom. The summed E-state index contributed by atoms with van der Waals surface area (Å²) in [6, 6.07) is 1.88. The van der Waals surface area contributed by atoms with Gasteiger partial charge in [0.05, 0.1) is 16.1 Å². The Hall–Kier alpha value is -1.60. The molecule has 3 heterocycles. The van der Waals surface area contributed by atoms with E-state index in [4.69, 9.17) is 5.73 Å². The molecule has 7 heteroatoms. The lowest BCUT2D eigenvalue weighted by Gasteiger charge is -1.91. The first-order valence-corrected chi connectivity index (χ1v) is 6.74. The number of nitrogen functional groups attached to an aromatic ring is 1. The van der Waals surface area contributed by atoms with E-state index in [0.29, 0.717) is 5.13 Å². The summed E-state index contributed by atoms with van der Waals surface area (Å²) in [7, 11) is 0. The Bertz CT molecular complexity index is 612. The van der Waals surface area contributed by atoms with Crippen molar-refractivity contribution in [1.29, 1.82) is 0 Å². The predicted molar refractivity (Wildman–Crippen MR) is 69.1 cm³/mol. The summed E-state index contributed by atoms with van der Waals surface area (Å²) >= 11 is 3.18. The van der Waals surface area contributed by atoms with Gasteiger partial charge in [-0.1, -0.05) is 11.3 Å². The number of imidazole rings is 1. The van der Waals surface area contributed by atoms with Crippen LogP contribution in [-0.4, -0.2) is 19.4 Å². The topological polar surface area (TPSA) is 69.1 Å². The van der Waals surface area contributed by atoms with Crippen molar-refractivity contribution in [3.8, 4) is 0 Å². The molecule has 0 radical (unpaired) electrons. The fraction of sp³-hybridized carbons (Fsp3) is 0.100. The number of aromatic nitrogens is 4. The van der Waals surface area contributed by atoms with Gasteiger partial charge >= 0.3 is 0 Å². The molecular weight excluding hydrogens is 254 g/mol. The second-order valence-electron chi connectivity index (χ2n) is 3.37. The third kappa shape index (κ3) is 2.25. The van der Waals surface area contributed by atoms with Crippen molar-refractivity contribution in [2.45, 2.75) is 9.96 Å². The van der Waals surface area contributed by atoms with Gasteiger partial charge < -0.3 is 5.73 Å². The standard InChI is InChI=1S/C10H9N5S2/c11-9-13-4-8(17-9)16-6-7-5-15-3-1-2-12-10(15)14-7/h1-5H,6H2,(H2,11,13). The molecule has 0 fully saturated rings. The van der Waals surface area contributed by atoms with Crippen LogP contribution < -0.4 is 5.73 Å². The zero-order chi connectivity index (χ0) is 11.7. The molecule has 2 N–H and O–H groups in total. The highest BCUT2D eigenvalue weighted by Gasteiger charge is 2.04. The minimum atomic E-state index is 0.601. The average Bonchev–Trinajstić information content (AvgIpc) is 2.91. The van der Waals surface area contributed by atoms with Crippen LogP contribution in [0.4, 0.5) is 5.13 Å². The number of anilines is 1.